The summed E-state index contributed by atoms with van der Waals surface area (Å²) in [6.07, 6.45) is 0. The van der Waals surface area contributed by atoms with Gasteiger partial charge in [0.2, 0.25) is 0 Å². The van der Waals surface area contributed by atoms with Gasteiger partial charge in [-0.15, -0.1) is 0 Å². The van der Waals surface area contributed by atoms with Gasteiger partial charge in [-0.2, -0.15) is 0 Å². The number of nitrogens with two attached hydrogens (primary N) is 1. The van der Waals surface area contributed by atoms with Crippen LogP contribution in [0.5, 0.6) is 11.5 Å². The summed E-state index contributed by atoms with van der Waals surface area (Å²) in [5.41, 5.74) is 8.01. The third-order valence-corrected chi connectivity index (χ3v) is 5.14. The molecule has 29 heavy (non-hydrogen) atoms. The van der Waals surface area contributed by atoms with E-state index in [0.717, 1.165) is 43.4 Å². The van der Waals surface area contributed by atoms with Crippen LogP contribution in [0, 0.1) is 0 Å². The minimum Gasteiger partial charge on any atom is -0.493 e. The molecule has 0 spiro atoms. The number of anilines is 2. The summed E-state index contributed by atoms with van der Waals surface area (Å²) in [6.45, 7) is 5.45. The van der Waals surface area contributed by atoms with E-state index in [1.807, 2.05) is 36.4 Å². The SMILES string of the molecule is COc1ccc(NC(N)=NCCN2CCN(c3cccc(Cl)c3)CC2)cc1OC. The van der Waals surface area contributed by atoms with Crippen molar-refractivity contribution in [1.82, 2.24) is 4.90 Å². The smallest absolute Gasteiger partial charge is 0.193 e. The molecule has 1 fully saturated rings. The normalized spacial score (nSPS) is 15.3. The van der Waals surface area contributed by atoms with Gasteiger partial charge in [0, 0.05) is 55.2 Å². The first-order chi connectivity index (χ1) is 14.1. The number of hydrogen-bond donors (Lipinski definition) is 2. The van der Waals surface area contributed by atoms with Gasteiger partial charge in [0.1, 0.15) is 0 Å². The molecule has 1 heterocycles. The Hall–Kier alpha value is -2.64. The molecule has 0 amide bonds. The van der Waals surface area contributed by atoms with Gasteiger partial charge in [-0.05, 0) is 30.3 Å². The zero-order valence-corrected chi connectivity index (χ0v) is 17.7. The van der Waals surface area contributed by atoms with Gasteiger partial charge in [-0.3, -0.25) is 9.89 Å². The lowest BCUT2D eigenvalue weighted by molar-refractivity contribution is 0.265. The van der Waals surface area contributed by atoms with Crippen LogP contribution in [0.2, 0.25) is 5.02 Å². The van der Waals surface area contributed by atoms with Gasteiger partial charge >= 0.3 is 0 Å². The molecule has 0 radical (unpaired) electrons. The van der Waals surface area contributed by atoms with E-state index >= 15 is 0 Å². The highest BCUT2D eigenvalue weighted by molar-refractivity contribution is 6.30. The Morgan fingerprint density at radius 2 is 1.83 bits per heavy atom. The predicted molar refractivity (Wildman–Crippen MR) is 120 cm³/mol. The van der Waals surface area contributed by atoms with Gasteiger partial charge in [0.05, 0.1) is 20.8 Å². The molecule has 3 rings (SSSR count). The summed E-state index contributed by atoms with van der Waals surface area (Å²) in [4.78, 5) is 9.20. The number of nitrogens with one attached hydrogen (secondary N) is 1. The molecule has 0 unspecified atom stereocenters. The third-order valence-electron chi connectivity index (χ3n) is 4.90. The standard InChI is InChI=1S/C21H28ClN5O2/c1-28-19-7-6-17(15-20(19)29-2)25-21(23)24-8-9-26-10-12-27(13-11-26)18-5-3-4-16(22)14-18/h3-7,14-15H,8-13H2,1-2H3,(H3,23,24,25). The molecule has 2 aromatic carbocycles. The highest BCUT2D eigenvalue weighted by Crippen LogP contribution is 2.29. The molecule has 0 saturated carbocycles. The number of halogens is 1. The van der Waals surface area contributed by atoms with E-state index in [0.29, 0.717) is 24.0 Å². The number of benzene rings is 2. The summed E-state index contributed by atoms with van der Waals surface area (Å²) >= 11 is 6.10. The first-order valence-corrected chi connectivity index (χ1v) is 9.98. The van der Waals surface area contributed by atoms with Crippen molar-refractivity contribution in [3.63, 3.8) is 0 Å². The number of piperazine rings is 1. The molecular formula is C21H28ClN5O2. The van der Waals surface area contributed by atoms with Gasteiger partial charge in [0.25, 0.3) is 0 Å². The van der Waals surface area contributed by atoms with Crippen LogP contribution in [0.3, 0.4) is 0 Å². The Kier molecular flexibility index (Phi) is 7.43. The second-order valence-corrected chi connectivity index (χ2v) is 7.21. The number of hydrogen-bond acceptors (Lipinski definition) is 5. The van der Waals surface area contributed by atoms with Crippen LogP contribution in [0.25, 0.3) is 0 Å². The second kappa shape index (κ2) is 10.2. The van der Waals surface area contributed by atoms with E-state index in [1.54, 1.807) is 14.2 Å². The molecule has 2 aromatic rings. The molecule has 0 atom stereocenters. The number of aliphatic imine (C=N–C) groups is 1. The van der Waals surface area contributed by atoms with Gasteiger partial charge < -0.3 is 25.4 Å². The van der Waals surface area contributed by atoms with E-state index < -0.39 is 0 Å². The molecule has 1 aliphatic rings. The van der Waals surface area contributed by atoms with E-state index in [-0.39, 0.29) is 0 Å². The first kappa shape index (κ1) is 21.1. The van der Waals surface area contributed by atoms with Crippen LogP contribution < -0.4 is 25.4 Å². The number of rotatable bonds is 7. The van der Waals surface area contributed by atoms with E-state index in [2.05, 4.69) is 26.2 Å². The molecule has 156 valence electrons. The molecule has 0 aliphatic carbocycles. The zero-order valence-electron chi connectivity index (χ0n) is 16.9. The van der Waals surface area contributed by atoms with Crippen molar-refractivity contribution in [3.05, 3.63) is 47.5 Å². The zero-order chi connectivity index (χ0) is 20.6. The Morgan fingerprint density at radius 1 is 1.07 bits per heavy atom. The topological polar surface area (TPSA) is 75.4 Å². The Balaban J connectivity index is 1.44. The molecule has 0 aromatic heterocycles. The summed E-state index contributed by atoms with van der Waals surface area (Å²) in [5, 5.41) is 3.87. The molecule has 1 aliphatic heterocycles. The fourth-order valence-electron chi connectivity index (χ4n) is 3.32. The number of ether oxygens (including phenoxy) is 2. The maximum atomic E-state index is 6.10. The summed E-state index contributed by atoms with van der Waals surface area (Å²) in [6, 6.07) is 13.5. The molecule has 8 heteroatoms. The van der Waals surface area contributed by atoms with Crippen molar-refractivity contribution < 1.29 is 9.47 Å². The summed E-state index contributed by atoms with van der Waals surface area (Å²) in [7, 11) is 3.21. The van der Waals surface area contributed by atoms with E-state index in [9.17, 15) is 0 Å². The molecule has 7 nitrogen and oxygen atoms in total. The molecule has 0 bridgehead atoms. The van der Waals surface area contributed by atoms with Crippen molar-refractivity contribution in [1.29, 1.82) is 0 Å². The van der Waals surface area contributed by atoms with Gasteiger partial charge in [0.15, 0.2) is 17.5 Å². The fourth-order valence-corrected chi connectivity index (χ4v) is 3.50. The van der Waals surface area contributed by atoms with Crippen LogP contribution in [0.15, 0.2) is 47.5 Å². The first-order valence-electron chi connectivity index (χ1n) is 9.61. The van der Waals surface area contributed by atoms with E-state index in [4.69, 9.17) is 26.8 Å². The lowest BCUT2D eigenvalue weighted by Crippen LogP contribution is -2.47. The van der Waals surface area contributed by atoms with Crippen molar-refractivity contribution >= 4 is 28.9 Å². The van der Waals surface area contributed by atoms with Crippen LogP contribution in [0.1, 0.15) is 0 Å². The monoisotopic (exact) mass is 417 g/mol. The quantitative estimate of drug-likeness (QED) is 0.533. The maximum absolute atomic E-state index is 6.10. The largest absolute Gasteiger partial charge is 0.493 e. The van der Waals surface area contributed by atoms with Crippen molar-refractivity contribution in [2.24, 2.45) is 10.7 Å². The predicted octanol–water partition coefficient (Wildman–Crippen LogP) is 2.91. The number of guanidine groups is 1. The molecule has 1 saturated heterocycles. The lowest BCUT2D eigenvalue weighted by Gasteiger charge is -2.35. The average molecular weight is 418 g/mol. The van der Waals surface area contributed by atoms with Crippen molar-refractivity contribution in [3.8, 4) is 11.5 Å². The maximum Gasteiger partial charge on any atom is 0.193 e. The molecule has 3 N–H and O–H groups in total. The Morgan fingerprint density at radius 3 is 2.52 bits per heavy atom. The molecular weight excluding hydrogens is 390 g/mol. The third kappa shape index (κ3) is 5.92. The highest BCUT2D eigenvalue weighted by Gasteiger charge is 2.16. The number of nitrogens with zero attached hydrogens (tertiary/aromatic N) is 3. The van der Waals surface area contributed by atoms with Crippen LogP contribution in [-0.4, -0.2) is 64.3 Å². The van der Waals surface area contributed by atoms with Crippen molar-refractivity contribution in [2.45, 2.75) is 0 Å². The van der Waals surface area contributed by atoms with Gasteiger partial charge in [-0.1, -0.05) is 17.7 Å². The minimum atomic E-state index is 0.384. The number of methoxy groups -OCH3 is 2. The lowest BCUT2D eigenvalue weighted by atomic mass is 10.2. The Bertz CT molecular complexity index is 838. The average Bonchev–Trinajstić information content (AvgIpc) is 2.74. The van der Waals surface area contributed by atoms with Crippen molar-refractivity contribution in [2.75, 3.05) is 63.7 Å². The minimum absolute atomic E-state index is 0.384. The van der Waals surface area contributed by atoms with E-state index in [1.165, 1.54) is 5.69 Å². The summed E-state index contributed by atoms with van der Waals surface area (Å²) in [5.74, 6) is 1.70. The van der Waals surface area contributed by atoms with Gasteiger partial charge in [-0.25, -0.2) is 0 Å². The fraction of sp³-hybridized carbons (Fsp3) is 0.381. The Labute approximate surface area is 177 Å². The summed E-state index contributed by atoms with van der Waals surface area (Å²) < 4.78 is 10.5. The van der Waals surface area contributed by atoms with Crippen LogP contribution in [0.4, 0.5) is 11.4 Å². The van der Waals surface area contributed by atoms with Crippen LogP contribution in [-0.2, 0) is 0 Å². The van der Waals surface area contributed by atoms with Crippen LogP contribution >= 0.6 is 11.6 Å². The second-order valence-electron chi connectivity index (χ2n) is 6.77. The highest BCUT2D eigenvalue weighted by atomic mass is 35.5.